The van der Waals surface area contributed by atoms with E-state index < -0.39 is 17.7 Å². The van der Waals surface area contributed by atoms with Gasteiger partial charge in [-0.1, -0.05) is 6.07 Å². The van der Waals surface area contributed by atoms with Crippen LogP contribution in [0.15, 0.2) is 42.0 Å². The zero-order valence-corrected chi connectivity index (χ0v) is 19.3. The predicted octanol–water partition coefficient (Wildman–Crippen LogP) is 3.57. The number of aryl methyl sites for hydroxylation is 1. The van der Waals surface area contributed by atoms with Crippen molar-refractivity contribution in [1.82, 2.24) is 4.90 Å². The van der Waals surface area contributed by atoms with Gasteiger partial charge in [0.25, 0.3) is 11.7 Å². The van der Waals surface area contributed by atoms with Crippen molar-refractivity contribution in [3.8, 4) is 17.2 Å². The van der Waals surface area contributed by atoms with Gasteiger partial charge in [0.2, 0.25) is 0 Å². The summed E-state index contributed by atoms with van der Waals surface area (Å²) in [4.78, 5) is 27.5. The van der Waals surface area contributed by atoms with Gasteiger partial charge in [0.1, 0.15) is 11.5 Å². The number of nitrogens with zero attached hydrogens (tertiary/aromatic N) is 1. The van der Waals surface area contributed by atoms with Gasteiger partial charge in [0.05, 0.1) is 25.3 Å². The molecule has 0 bridgehead atoms. The van der Waals surface area contributed by atoms with Gasteiger partial charge in [-0.15, -0.1) is 0 Å². The summed E-state index contributed by atoms with van der Waals surface area (Å²) in [7, 11) is 3.10. The summed E-state index contributed by atoms with van der Waals surface area (Å²) in [5.74, 6) is -0.939. The lowest BCUT2D eigenvalue weighted by molar-refractivity contribution is -0.140. The van der Waals surface area contributed by atoms with Crippen LogP contribution in [0.2, 0.25) is 0 Å². The number of benzene rings is 2. The number of ether oxygens (including phenoxy) is 3. The maximum atomic E-state index is 13.1. The summed E-state index contributed by atoms with van der Waals surface area (Å²) in [6.07, 6.45) is 0.512. The number of phenols is 1. The Balaban J connectivity index is 2.18. The number of phenolic OH excluding ortho intramolecular Hbond substituents is 1. The molecule has 0 aromatic heterocycles. The smallest absolute Gasteiger partial charge is 0.295 e. The molecule has 2 aromatic carbocycles. The Labute approximate surface area is 193 Å². The highest BCUT2D eigenvalue weighted by Gasteiger charge is 2.46. The number of rotatable bonds is 9. The van der Waals surface area contributed by atoms with Crippen LogP contribution >= 0.6 is 0 Å². The topological polar surface area (TPSA) is 106 Å². The fraction of sp³-hybridized carbons (Fsp3) is 0.360. The third-order valence-electron chi connectivity index (χ3n) is 5.58. The minimum Gasteiger partial charge on any atom is -0.507 e. The second kappa shape index (κ2) is 10.4. The van der Waals surface area contributed by atoms with E-state index in [1.54, 1.807) is 58.4 Å². The molecule has 1 aliphatic heterocycles. The average molecular weight is 456 g/mol. The SMILES string of the molecule is CCOc1cc([C@H]2C(=C(O)c3ccc(OC)cc3C)C(=O)C(=O)N2CCCOC)ccc1O. The maximum absolute atomic E-state index is 13.1. The summed E-state index contributed by atoms with van der Waals surface area (Å²) in [5, 5.41) is 21.4. The Morgan fingerprint density at radius 1 is 1.12 bits per heavy atom. The number of carbonyl (C=O) groups is 2. The molecule has 1 fully saturated rings. The Kier molecular flexibility index (Phi) is 7.60. The van der Waals surface area contributed by atoms with Gasteiger partial charge in [-0.05, 0) is 61.7 Å². The van der Waals surface area contributed by atoms with E-state index in [0.717, 1.165) is 0 Å². The number of amides is 1. The summed E-state index contributed by atoms with van der Waals surface area (Å²) < 4.78 is 15.8. The molecule has 1 aliphatic rings. The molecule has 1 amide bonds. The third-order valence-corrected chi connectivity index (χ3v) is 5.58. The van der Waals surface area contributed by atoms with E-state index >= 15 is 0 Å². The van der Waals surface area contributed by atoms with Gasteiger partial charge in [-0.2, -0.15) is 0 Å². The van der Waals surface area contributed by atoms with Crippen LogP contribution in [0.5, 0.6) is 17.2 Å². The number of likely N-dealkylation sites (tertiary alicyclic amines) is 1. The monoisotopic (exact) mass is 455 g/mol. The second-order valence-electron chi connectivity index (χ2n) is 7.68. The van der Waals surface area contributed by atoms with Crippen molar-refractivity contribution in [1.29, 1.82) is 0 Å². The van der Waals surface area contributed by atoms with E-state index in [0.29, 0.717) is 42.1 Å². The fourth-order valence-corrected chi connectivity index (χ4v) is 3.98. The standard InChI is InChI=1S/C25H29NO7/c1-5-33-20-14-16(7-10-19(20)27)22-21(24(29)25(30)26(22)11-6-12-31-3)23(28)18-9-8-17(32-4)13-15(18)2/h7-10,13-14,22,27-28H,5-6,11-12H2,1-4H3/t22-/m0/s1. The molecule has 33 heavy (non-hydrogen) atoms. The van der Waals surface area contributed by atoms with Crippen molar-refractivity contribution in [2.75, 3.05) is 34.0 Å². The Morgan fingerprint density at radius 2 is 1.88 bits per heavy atom. The summed E-state index contributed by atoms with van der Waals surface area (Å²) in [6.45, 7) is 4.57. The van der Waals surface area contributed by atoms with Crippen LogP contribution in [-0.4, -0.2) is 60.8 Å². The van der Waals surface area contributed by atoms with Crippen molar-refractivity contribution in [2.24, 2.45) is 0 Å². The molecular weight excluding hydrogens is 426 g/mol. The quantitative estimate of drug-likeness (QED) is 0.258. The zero-order valence-electron chi connectivity index (χ0n) is 19.3. The molecule has 8 nitrogen and oxygen atoms in total. The number of ketones is 1. The summed E-state index contributed by atoms with van der Waals surface area (Å²) in [5.41, 5.74) is 1.65. The first-order chi connectivity index (χ1) is 15.8. The Bertz CT molecular complexity index is 1080. The van der Waals surface area contributed by atoms with Crippen molar-refractivity contribution in [3.05, 3.63) is 58.7 Å². The lowest BCUT2D eigenvalue weighted by atomic mass is 9.93. The van der Waals surface area contributed by atoms with Gasteiger partial charge < -0.3 is 29.3 Å². The summed E-state index contributed by atoms with van der Waals surface area (Å²) >= 11 is 0. The Hall–Kier alpha value is -3.52. The van der Waals surface area contributed by atoms with Crippen LogP contribution < -0.4 is 9.47 Å². The number of hydrogen-bond donors (Lipinski definition) is 2. The van der Waals surface area contributed by atoms with Crippen molar-refractivity contribution in [2.45, 2.75) is 26.3 Å². The largest absolute Gasteiger partial charge is 0.507 e. The molecule has 2 N–H and O–H groups in total. The van der Waals surface area contributed by atoms with Crippen molar-refractivity contribution < 1.29 is 34.0 Å². The van der Waals surface area contributed by atoms with Crippen LogP contribution in [0.4, 0.5) is 0 Å². The molecular formula is C25H29NO7. The number of carbonyl (C=O) groups excluding carboxylic acids is 2. The number of hydrogen-bond acceptors (Lipinski definition) is 7. The van der Waals surface area contributed by atoms with E-state index in [-0.39, 0.29) is 29.4 Å². The van der Waals surface area contributed by atoms with E-state index in [2.05, 4.69) is 0 Å². The lowest BCUT2D eigenvalue weighted by Crippen LogP contribution is -2.31. The van der Waals surface area contributed by atoms with Gasteiger partial charge in [-0.25, -0.2) is 0 Å². The van der Waals surface area contributed by atoms with Crippen LogP contribution in [0.3, 0.4) is 0 Å². The molecule has 0 radical (unpaired) electrons. The van der Waals surface area contributed by atoms with Crippen LogP contribution in [0, 0.1) is 6.92 Å². The number of methoxy groups -OCH3 is 2. The minimum absolute atomic E-state index is 0.0150. The molecule has 8 heteroatoms. The third kappa shape index (κ3) is 4.80. The van der Waals surface area contributed by atoms with E-state index in [4.69, 9.17) is 14.2 Å². The highest BCUT2D eigenvalue weighted by atomic mass is 16.5. The number of aromatic hydroxyl groups is 1. The van der Waals surface area contributed by atoms with Crippen LogP contribution in [0.1, 0.15) is 36.1 Å². The molecule has 3 rings (SSSR count). The molecule has 1 saturated heterocycles. The predicted molar refractivity (Wildman–Crippen MR) is 123 cm³/mol. The highest BCUT2D eigenvalue weighted by molar-refractivity contribution is 6.46. The first kappa shape index (κ1) is 24.1. The van der Waals surface area contributed by atoms with Gasteiger partial charge >= 0.3 is 0 Å². The zero-order chi connectivity index (χ0) is 24.1. The molecule has 1 heterocycles. The Morgan fingerprint density at radius 3 is 2.52 bits per heavy atom. The van der Waals surface area contributed by atoms with Gasteiger partial charge in [0, 0.05) is 25.8 Å². The first-order valence-corrected chi connectivity index (χ1v) is 10.7. The second-order valence-corrected chi connectivity index (χ2v) is 7.68. The number of Topliss-reactive ketones (excluding diaryl/α,β-unsaturated/α-hetero) is 1. The van der Waals surface area contributed by atoms with Crippen molar-refractivity contribution >= 4 is 17.4 Å². The van der Waals surface area contributed by atoms with Crippen molar-refractivity contribution in [3.63, 3.8) is 0 Å². The van der Waals surface area contributed by atoms with Gasteiger partial charge in [0.15, 0.2) is 11.5 Å². The molecule has 0 aliphatic carbocycles. The lowest BCUT2D eigenvalue weighted by Gasteiger charge is -2.26. The number of aliphatic hydroxyl groups excluding tert-OH is 1. The molecule has 0 saturated carbocycles. The summed E-state index contributed by atoms with van der Waals surface area (Å²) in [6, 6.07) is 8.89. The van der Waals surface area contributed by atoms with Gasteiger partial charge in [-0.3, -0.25) is 9.59 Å². The maximum Gasteiger partial charge on any atom is 0.295 e. The molecule has 2 aromatic rings. The van der Waals surface area contributed by atoms with Crippen LogP contribution in [-0.2, 0) is 14.3 Å². The minimum atomic E-state index is -0.844. The molecule has 0 spiro atoms. The van der Waals surface area contributed by atoms with E-state index in [9.17, 15) is 19.8 Å². The van der Waals surface area contributed by atoms with E-state index in [1.807, 2.05) is 0 Å². The first-order valence-electron chi connectivity index (χ1n) is 10.7. The molecule has 0 unspecified atom stereocenters. The molecule has 176 valence electrons. The fourth-order valence-electron chi connectivity index (χ4n) is 3.98. The number of aliphatic hydroxyl groups is 1. The van der Waals surface area contributed by atoms with E-state index in [1.165, 1.54) is 11.0 Å². The highest BCUT2D eigenvalue weighted by Crippen LogP contribution is 2.42. The van der Waals surface area contributed by atoms with Crippen LogP contribution in [0.25, 0.3) is 5.76 Å². The normalized spacial score (nSPS) is 17.5. The average Bonchev–Trinajstić information content (AvgIpc) is 3.05. The molecule has 1 atom stereocenters.